The van der Waals surface area contributed by atoms with Crippen LogP contribution in [-0.4, -0.2) is 12.6 Å². The van der Waals surface area contributed by atoms with Gasteiger partial charge in [0.1, 0.15) is 5.82 Å². The van der Waals surface area contributed by atoms with E-state index in [0.717, 1.165) is 29.4 Å². The van der Waals surface area contributed by atoms with Gasteiger partial charge < -0.3 is 5.32 Å². The molecule has 0 radical (unpaired) electrons. The van der Waals surface area contributed by atoms with Gasteiger partial charge in [-0.3, -0.25) is 0 Å². The number of rotatable bonds is 7. The molecule has 0 aromatic heterocycles. The van der Waals surface area contributed by atoms with Crippen LogP contribution in [-0.2, 0) is 6.42 Å². The summed E-state index contributed by atoms with van der Waals surface area (Å²) in [5, 5.41) is 3.43. The maximum absolute atomic E-state index is 13.7. The van der Waals surface area contributed by atoms with Gasteiger partial charge in [-0.1, -0.05) is 48.7 Å². The fraction of sp³-hybridized carbons (Fsp3) is 0.571. The van der Waals surface area contributed by atoms with Gasteiger partial charge in [0.25, 0.3) is 0 Å². The second-order valence-electron chi connectivity index (χ2n) is 4.34. The summed E-state index contributed by atoms with van der Waals surface area (Å²) in [6.45, 7) is 5.21. The molecule has 1 unspecified atom stereocenters. The molecule has 0 heterocycles. The molecular weight excluding hydrogens is 281 g/mol. The van der Waals surface area contributed by atoms with Gasteiger partial charge in [0.15, 0.2) is 0 Å². The standard InChI is InChI=1S/C14H21BrFN/c1-3-5-6-13(17-4-2)9-11-7-8-12(15)10-14(11)16/h7-8,10,13,17H,3-6,9H2,1-2H3. The fourth-order valence-electron chi connectivity index (χ4n) is 1.97. The zero-order valence-corrected chi connectivity index (χ0v) is 12.2. The van der Waals surface area contributed by atoms with E-state index >= 15 is 0 Å². The Balaban J connectivity index is 2.64. The summed E-state index contributed by atoms with van der Waals surface area (Å²) in [5.41, 5.74) is 0.801. The van der Waals surface area contributed by atoms with Gasteiger partial charge in [-0.15, -0.1) is 0 Å². The Hall–Kier alpha value is -0.410. The van der Waals surface area contributed by atoms with Crippen molar-refractivity contribution in [1.29, 1.82) is 0 Å². The SMILES string of the molecule is CCCCC(Cc1ccc(Br)cc1F)NCC. The van der Waals surface area contributed by atoms with E-state index in [1.807, 2.05) is 12.1 Å². The van der Waals surface area contributed by atoms with E-state index in [1.165, 1.54) is 18.9 Å². The highest BCUT2D eigenvalue weighted by molar-refractivity contribution is 9.10. The van der Waals surface area contributed by atoms with E-state index in [2.05, 4.69) is 35.1 Å². The minimum atomic E-state index is -0.112. The van der Waals surface area contributed by atoms with Crippen LogP contribution in [0, 0.1) is 5.82 Å². The topological polar surface area (TPSA) is 12.0 Å². The predicted molar refractivity (Wildman–Crippen MR) is 74.8 cm³/mol. The molecule has 0 aliphatic rings. The molecule has 1 atom stereocenters. The lowest BCUT2D eigenvalue weighted by Crippen LogP contribution is -2.31. The van der Waals surface area contributed by atoms with Crippen molar-refractivity contribution in [3.8, 4) is 0 Å². The summed E-state index contributed by atoms with van der Waals surface area (Å²) < 4.78 is 14.5. The third kappa shape index (κ3) is 5.17. The Kier molecular flexibility index (Phi) is 6.75. The lowest BCUT2D eigenvalue weighted by molar-refractivity contribution is 0.464. The summed E-state index contributed by atoms with van der Waals surface area (Å²) in [6, 6.07) is 5.70. The van der Waals surface area contributed by atoms with E-state index in [4.69, 9.17) is 0 Å². The minimum Gasteiger partial charge on any atom is -0.314 e. The molecule has 0 bridgehead atoms. The maximum atomic E-state index is 13.7. The minimum absolute atomic E-state index is 0.112. The van der Waals surface area contributed by atoms with Crippen molar-refractivity contribution in [3.05, 3.63) is 34.1 Å². The molecule has 1 aromatic carbocycles. The van der Waals surface area contributed by atoms with Crippen LogP contribution in [0.5, 0.6) is 0 Å². The normalized spacial score (nSPS) is 12.7. The number of benzene rings is 1. The van der Waals surface area contributed by atoms with Crippen molar-refractivity contribution in [2.45, 2.75) is 45.6 Å². The molecule has 1 N–H and O–H groups in total. The monoisotopic (exact) mass is 301 g/mol. The highest BCUT2D eigenvalue weighted by Gasteiger charge is 2.11. The third-order valence-corrected chi connectivity index (χ3v) is 3.37. The van der Waals surface area contributed by atoms with Crippen LogP contribution in [0.4, 0.5) is 4.39 Å². The second kappa shape index (κ2) is 7.83. The van der Waals surface area contributed by atoms with Gasteiger partial charge in [0, 0.05) is 10.5 Å². The average molecular weight is 302 g/mol. The maximum Gasteiger partial charge on any atom is 0.127 e. The average Bonchev–Trinajstić information content (AvgIpc) is 2.29. The third-order valence-electron chi connectivity index (χ3n) is 2.88. The highest BCUT2D eigenvalue weighted by Crippen LogP contribution is 2.17. The molecule has 1 aromatic rings. The van der Waals surface area contributed by atoms with Crippen molar-refractivity contribution >= 4 is 15.9 Å². The molecule has 0 saturated carbocycles. The largest absolute Gasteiger partial charge is 0.314 e. The summed E-state index contributed by atoms with van der Waals surface area (Å²) in [4.78, 5) is 0. The number of nitrogens with one attached hydrogen (secondary N) is 1. The molecule has 0 fully saturated rings. The van der Waals surface area contributed by atoms with E-state index in [9.17, 15) is 4.39 Å². The molecule has 96 valence electrons. The zero-order valence-electron chi connectivity index (χ0n) is 10.6. The van der Waals surface area contributed by atoms with Gasteiger partial charge in [-0.25, -0.2) is 4.39 Å². The lowest BCUT2D eigenvalue weighted by Gasteiger charge is -2.18. The Morgan fingerprint density at radius 3 is 2.71 bits per heavy atom. The number of hydrogen-bond acceptors (Lipinski definition) is 1. The van der Waals surface area contributed by atoms with Crippen molar-refractivity contribution in [1.82, 2.24) is 5.32 Å². The first-order valence-electron chi connectivity index (χ1n) is 6.34. The summed E-state index contributed by atoms with van der Waals surface area (Å²) in [5.74, 6) is -0.112. The molecule has 1 nitrogen and oxygen atoms in total. The van der Waals surface area contributed by atoms with Crippen LogP contribution in [0.1, 0.15) is 38.7 Å². The van der Waals surface area contributed by atoms with Crippen molar-refractivity contribution < 1.29 is 4.39 Å². The lowest BCUT2D eigenvalue weighted by atomic mass is 10.0. The first-order valence-corrected chi connectivity index (χ1v) is 7.14. The molecule has 0 amide bonds. The molecule has 1 rings (SSSR count). The van der Waals surface area contributed by atoms with Crippen LogP contribution in [0.25, 0.3) is 0 Å². The smallest absolute Gasteiger partial charge is 0.127 e. The fourth-order valence-corrected chi connectivity index (χ4v) is 2.30. The second-order valence-corrected chi connectivity index (χ2v) is 5.25. The van der Waals surface area contributed by atoms with Gasteiger partial charge in [-0.2, -0.15) is 0 Å². The van der Waals surface area contributed by atoms with Crippen molar-refractivity contribution in [3.63, 3.8) is 0 Å². The van der Waals surface area contributed by atoms with Gasteiger partial charge in [-0.05, 0) is 37.1 Å². The van der Waals surface area contributed by atoms with Gasteiger partial charge in [0.2, 0.25) is 0 Å². The first kappa shape index (κ1) is 14.7. The Morgan fingerprint density at radius 2 is 2.12 bits per heavy atom. The highest BCUT2D eigenvalue weighted by atomic mass is 79.9. The molecule has 0 aliphatic carbocycles. The summed E-state index contributed by atoms with van der Waals surface area (Å²) in [6.07, 6.45) is 4.26. The van der Waals surface area contributed by atoms with E-state index in [1.54, 1.807) is 0 Å². The molecule has 3 heteroatoms. The van der Waals surface area contributed by atoms with Crippen LogP contribution in [0.3, 0.4) is 0 Å². The number of unbranched alkanes of at least 4 members (excludes halogenated alkanes) is 1. The number of likely N-dealkylation sites (N-methyl/N-ethyl adjacent to an activating group) is 1. The molecule has 0 aliphatic heterocycles. The van der Waals surface area contributed by atoms with Crippen LogP contribution >= 0.6 is 15.9 Å². The Labute approximate surface area is 112 Å². The molecule has 17 heavy (non-hydrogen) atoms. The van der Waals surface area contributed by atoms with Gasteiger partial charge in [0.05, 0.1) is 0 Å². The zero-order chi connectivity index (χ0) is 12.7. The quantitative estimate of drug-likeness (QED) is 0.792. The number of halogens is 2. The van der Waals surface area contributed by atoms with Crippen molar-refractivity contribution in [2.75, 3.05) is 6.54 Å². The predicted octanol–water partition coefficient (Wildman–Crippen LogP) is 4.30. The van der Waals surface area contributed by atoms with Crippen LogP contribution in [0.15, 0.2) is 22.7 Å². The first-order chi connectivity index (χ1) is 8.17. The van der Waals surface area contributed by atoms with Crippen LogP contribution in [0.2, 0.25) is 0 Å². The Bertz CT molecular complexity index is 341. The molecule has 0 spiro atoms. The van der Waals surface area contributed by atoms with Crippen molar-refractivity contribution in [2.24, 2.45) is 0 Å². The van der Waals surface area contributed by atoms with Crippen LogP contribution < -0.4 is 5.32 Å². The molecular formula is C14H21BrFN. The summed E-state index contributed by atoms with van der Waals surface area (Å²) >= 11 is 3.28. The summed E-state index contributed by atoms with van der Waals surface area (Å²) in [7, 11) is 0. The van der Waals surface area contributed by atoms with Gasteiger partial charge >= 0.3 is 0 Å². The molecule has 0 saturated heterocycles. The van der Waals surface area contributed by atoms with E-state index < -0.39 is 0 Å². The van der Waals surface area contributed by atoms with E-state index in [0.29, 0.717) is 6.04 Å². The van der Waals surface area contributed by atoms with E-state index in [-0.39, 0.29) is 5.82 Å². The Morgan fingerprint density at radius 1 is 1.35 bits per heavy atom. The number of hydrogen-bond donors (Lipinski definition) is 1.